The minimum Gasteiger partial charge on any atom is -0.261 e. The molecule has 0 saturated heterocycles. The fourth-order valence-corrected chi connectivity index (χ4v) is 2.10. The highest BCUT2D eigenvalue weighted by molar-refractivity contribution is 5.28. The zero-order valence-electron chi connectivity index (χ0n) is 9.21. The normalized spacial score (nSPS) is 16.5. The SMILES string of the molecule is CC(C)c1cnc2c(c1)CCCCC2. The van der Waals surface area contributed by atoms with Crippen molar-refractivity contribution in [3.05, 3.63) is 29.1 Å². The molecule has 0 radical (unpaired) electrons. The van der Waals surface area contributed by atoms with Crippen molar-refractivity contribution in [2.24, 2.45) is 0 Å². The Kier molecular flexibility index (Phi) is 2.85. The molecule has 0 fully saturated rings. The zero-order valence-corrected chi connectivity index (χ0v) is 9.21. The smallest absolute Gasteiger partial charge is 0.0435 e. The van der Waals surface area contributed by atoms with Gasteiger partial charge in [0, 0.05) is 11.9 Å². The Morgan fingerprint density at radius 2 is 1.93 bits per heavy atom. The molecule has 0 N–H and O–H groups in total. The van der Waals surface area contributed by atoms with E-state index in [-0.39, 0.29) is 0 Å². The third-order valence-corrected chi connectivity index (χ3v) is 3.11. The molecule has 0 unspecified atom stereocenters. The van der Waals surface area contributed by atoms with Gasteiger partial charge in [-0.1, -0.05) is 26.3 Å². The molecule has 0 saturated carbocycles. The summed E-state index contributed by atoms with van der Waals surface area (Å²) in [5.41, 5.74) is 4.26. The third kappa shape index (κ3) is 1.97. The number of pyridine rings is 1. The Hall–Kier alpha value is -0.850. The second-order valence-corrected chi connectivity index (χ2v) is 4.59. The lowest BCUT2D eigenvalue weighted by Gasteiger charge is -2.09. The van der Waals surface area contributed by atoms with Crippen LogP contribution in [0.1, 0.15) is 55.8 Å². The number of nitrogens with zero attached hydrogens (tertiary/aromatic N) is 1. The van der Waals surface area contributed by atoms with E-state index in [0.717, 1.165) is 0 Å². The molecule has 0 atom stereocenters. The number of aromatic nitrogens is 1. The maximum absolute atomic E-state index is 4.60. The Bertz CT molecular complexity index is 315. The first-order valence-electron chi connectivity index (χ1n) is 5.75. The highest BCUT2D eigenvalue weighted by Crippen LogP contribution is 2.22. The van der Waals surface area contributed by atoms with Crippen molar-refractivity contribution in [3.63, 3.8) is 0 Å². The number of fused-ring (bicyclic) bond motifs is 1. The summed E-state index contributed by atoms with van der Waals surface area (Å²) in [7, 11) is 0. The van der Waals surface area contributed by atoms with Crippen LogP contribution in [-0.2, 0) is 12.8 Å². The molecule has 1 aliphatic carbocycles. The average molecular weight is 189 g/mol. The van der Waals surface area contributed by atoms with Crippen molar-refractivity contribution in [1.29, 1.82) is 0 Å². The summed E-state index contributed by atoms with van der Waals surface area (Å²) in [5, 5.41) is 0. The van der Waals surface area contributed by atoms with Crippen molar-refractivity contribution < 1.29 is 0 Å². The van der Waals surface area contributed by atoms with Gasteiger partial charge in [-0.3, -0.25) is 4.98 Å². The summed E-state index contributed by atoms with van der Waals surface area (Å²) in [6, 6.07) is 2.37. The second-order valence-electron chi connectivity index (χ2n) is 4.59. The van der Waals surface area contributed by atoms with E-state index in [1.54, 1.807) is 0 Å². The molecule has 14 heavy (non-hydrogen) atoms. The van der Waals surface area contributed by atoms with Crippen molar-refractivity contribution >= 4 is 0 Å². The molecule has 1 heterocycles. The van der Waals surface area contributed by atoms with Crippen molar-refractivity contribution in [1.82, 2.24) is 4.98 Å². The van der Waals surface area contributed by atoms with Crippen LogP contribution in [0.4, 0.5) is 0 Å². The van der Waals surface area contributed by atoms with E-state index in [2.05, 4.69) is 31.1 Å². The minimum absolute atomic E-state index is 0.607. The largest absolute Gasteiger partial charge is 0.261 e. The molecule has 1 nitrogen and oxygen atoms in total. The van der Waals surface area contributed by atoms with Gasteiger partial charge < -0.3 is 0 Å². The molecule has 2 rings (SSSR count). The topological polar surface area (TPSA) is 12.9 Å². The molecule has 0 amide bonds. The lowest BCUT2D eigenvalue weighted by atomic mass is 10.0. The molecular formula is C13H19N. The Balaban J connectivity index is 2.32. The van der Waals surface area contributed by atoms with E-state index in [1.165, 1.54) is 48.9 Å². The van der Waals surface area contributed by atoms with E-state index >= 15 is 0 Å². The first-order valence-corrected chi connectivity index (χ1v) is 5.75. The molecule has 1 aromatic heterocycles. The van der Waals surface area contributed by atoms with E-state index in [1.807, 2.05) is 0 Å². The molecule has 0 aromatic carbocycles. The van der Waals surface area contributed by atoms with Crippen molar-refractivity contribution in [2.75, 3.05) is 0 Å². The van der Waals surface area contributed by atoms with Crippen LogP contribution < -0.4 is 0 Å². The monoisotopic (exact) mass is 189 g/mol. The molecular weight excluding hydrogens is 170 g/mol. The Morgan fingerprint density at radius 1 is 1.14 bits per heavy atom. The van der Waals surface area contributed by atoms with E-state index in [4.69, 9.17) is 0 Å². The lowest BCUT2D eigenvalue weighted by Crippen LogP contribution is -1.98. The summed E-state index contributed by atoms with van der Waals surface area (Å²) < 4.78 is 0. The maximum Gasteiger partial charge on any atom is 0.0435 e. The highest BCUT2D eigenvalue weighted by Gasteiger charge is 2.10. The van der Waals surface area contributed by atoms with Crippen LogP contribution in [0.5, 0.6) is 0 Å². The van der Waals surface area contributed by atoms with Gasteiger partial charge in [-0.15, -0.1) is 0 Å². The third-order valence-electron chi connectivity index (χ3n) is 3.11. The number of hydrogen-bond acceptors (Lipinski definition) is 1. The number of rotatable bonds is 1. The average Bonchev–Trinajstić information content (AvgIpc) is 2.41. The summed E-state index contributed by atoms with van der Waals surface area (Å²) in [5.74, 6) is 0.607. The zero-order chi connectivity index (χ0) is 9.97. The Labute approximate surface area is 86.6 Å². The van der Waals surface area contributed by atoms with Crippen molar-refractivity contribution in [3.8, 4) is 0 Å². The first-order chi connectivity index (χ1) is 6.77. The standard InChI is InChI=1S/C13H19N/c1-10(2)12-8-11-6-4-3-5-7-13(11)14-9-12/h8-10H,3-7H2,1-2H3. The predicted molar refractivity (Wildman–Crippen MR) is 59.6 cm³/mol. The number of hydrogen-bond donors (Lipinski definition) is 0. The maximum atomic E-state index is 4.60. The van der Waals surface area contributed by atoms with Gasteiger partial charge in [0.25, 0.3) is 0 Å². The molecule has 0 spiro atoms. The van der Waals surface area contributed by atoms with Crippen LogP contribution in [0.15, 0.2) is 12.3 Å². The number of aryl methyl sites for hydroxylation is 2. The van der Waals surface area contributed by atoms with Gasteiger partial charge in [0.05, 0.1) is 0 Å². The lowest BCUT2D eigenvalue weighted by molar-refractivity contribution is 0.708. The van der Waals surface area contributed by atoms with Crippen LogP contribution in [0.3, 0.4) is 0 Å². The van der Waals surface area contributed by atoms with Crippen LogP contribution in [-0.4, -0.2) is 4.98 Å². The van der Waals surface area contributed by atoms with Gasteiger partial charge in [0.1, 0.15) is 0 Å². The van der Waals surface area contributed by atoms with Gasteiger partial charge in [0.15, 0.2) is 0 Å². The van der Waals surface area contributed by atoms with E-state index in [9.17, 15) is 0 Å². The summed E-state index contributed by atoms with van der Waals surface area (Å²) in [4.78, 5) is 4.60. The van der Waals surface area contributed by atoms with Crippen LogP contribution in [0.25, 0.3) is 0 Å². The van der Waals surface area contributed by atoms with Crippen LogP contribution in [0.2, 0.25) is 0 Å². The van der Waals surface area contributed by atoms with Gasteiger partial charge >= 0.3 is 0 Å². The predicted octanol–water partition coefficient (Wildman–Crippen LogP) is 3.47. The fraction of sp³-hybridized carbons (Fsp3) is 0.615. The molecule has 1 aromatic rings. The fourth-order valence-electron chi connectivity index (χ4n) is 2.10. The van der Waals surface area contributed by atoms with Gasteiger partial charge in [-0.25, -0.2) is 0 Å². The van der Waals surface area contributed by atoms with Crippen LogP contribution in [0, 0.1) is 0 Å². The second kappa shape index (κ2) is 4.12. The van der Waals surface area contributed by atoms with E-state index in [0.29, 0.717) is 5.92 Å². The molecule has 1 aliphatic rings. The summed E-state index contributed by atoms with van der Waals surface area (Å²) in [6.45, 7) is 4.47. The summed E-state index contributed by atoms with van der Waals surface area (Å²) in [6.07, 6.45) is 8.52. The Morgan fingerprint density at radius 3 is 2.71 bits per heavy atom. The molecule has 0 bridgehead atoms. The quantitative estimate of drug-likeness (QED) is 0.616. The summed E-state index contributed by atoms with van der Waals surface area (Å²) >= 11 is 0. The van der Waals surface area contributed by atoms with Crippen molar-refractivity contribution in [2.45, 2.75) is 51.9 Å². The molecule has 0 aliphatic heterocycles. The van der Waals surface area contributed by atoms with Gasteiger partial charge in [0.2, 0.25) is 0 Å². The van der Waals surface area contributed by atoms with Crippen LogP contribution >= 0.6 is 0 Å². The highest BCUT2D eigenvalue weighted by atomic mass is 14.7. The van der Waals surface area contributed by atoms with Gasteiger partial charge in [-0.2, -0.15) is 0 Å². The first kappa shape index (κ1) is 9.70. The van der Waals surface area contributed by atoms with E-state index < -0.39 is 0 Å². The molecule has 1 heteroatoms. The van der Waals surface area contributed by atoms with Gasteiger partial charge in [-0.05, 0) is 42.7 Å². The molecule has 76 valence electrons. The minimum atomic E-state index is 0.607.